The smallest absolute Gasteiger partial charge is 0.0948 e. The summed E-state index contributed by atoms with van der Waals surface area (Å²) in [6, 6.07) is 8.00. The zero-order valence-electron chi connectivity index (χ0n) is 11.5. The van der Waals surface area contributed by atoms with Crippen LogP contribution in [-0.2, 0) is 4.74 Å². The van der Waals surface area contributed by atoms with Crippen molar-refractivity contribution in [2.24, 2.45) is 5.92 Å². The number of rotatable bonds is 5. The number of benzene rings is 1. The molecule has 1 heterocycles. The first-order valence-corrected chi connectivity index (χ1v) is 6.80. The molecule has 2 aromatic rings. The van der Waals surface area contributed by atoms with Crippen LogP contribution in [0.4, 0.5) is 5.69 Å². The first-order valence-electron chi connectivity index (χ1n) is 6.42. The van der Waals surface area contributed by atoms with Crippen LogP contribution >= 0.6 is 11.6 Å². The van der Waals surface area contributed by atoms with E-state index in [1.807, 2.05) is 24.3 Å². The molecule has 102 valence electrons. The van der Waals surface area contributed by atoms with Gasteiger partial charge in [0.1, 0.15) is 0 Å². The molecule has 0 spiro atoms. The molecule has 3 nitrogen and oxygen atoms in total. The van der Waals surface area contributed by atoms with Crippen LogP contribution < -0.4 is 5.32 Å². The van der Waals surface area contributed by atoms with Crippen molar-refractivity contribution < 1.29 is 4.74 Å². The van der Waals surface area contributed by atoms with Crippen LogP contribution in [0.5, 0.6) is 0 Å². The first-order chi connectivity index (χ1) is 9.13. The molecule has 0 aliphatic carbocycles. The van der Waals surface area contributed by atoms with Crippen LogP contribution in [-0.4, -0.2) is 24.7 Å². The number of halogens is 1. The minimum atomic E-state index is 0.247. The maximum absolute atomic E-state index is 6.20. The molecule has 2 rings (SSSR count). The summed E-state index contributed by atoms with van der Waals surface area (Å²) in [5, 5.41) is 5.19. The summed E-state index contributed by atoms with van der Waals surface area (Å²) in [5.41, 5.74) is 1.90. The highest BCUT2D eigenvalue weighted by molar-refractivity contribution is 6.35. The molecule has 0 fully saturated rings. The minimum absolute atomic E-state index is 0.247. The van der Waals surface area contributed by atoms with Crippen LogP contribution in [0.1, 0.15) is 13.8 Å². The molecule has 0 aliphatic heterocycles. The van der Waals surface area contributed by atoms with E-state index in [0.29, 0.717) is 12.5 Å². The van der Waals surface area contributed by atoms with Crippen LogP contribution in [0.2, 0.25) is 5.02 Å². The van der Waals surface area contributed by atoms with Crippen LogP contribution in [0, 0.1) is 5.92 Å². The lowest BCUT2D eigenvalue weighted by Gasteiger charge is -2.23. The number of hydrogen-bond acceptors (Lipinski definition) is 3. The van der Waals surface area contributed by atoms with Crippen molar-refractivity contribution in [3.8, 4) is 0 Å². The van der Waals surface area contributed by atoms with Gasteiger partial charge in [-0.2, -0.15) is 0 Å². The van der Waals surface area contributed by atoms with Gasteiger partial charge in [0.05, 0.1) is 28.9 Å². The molecule has 1 aromatic carbocycles. The van der Waals surface area contributed by atoms with Crippen molar-refractivity contribution in [3.63, 3.8) is 0 Å². The SMILES string of the molecule is COCC(Nc1ccc(Cl)c2cccnc12)C(C)C. The lowest BCUT2D eigenvalue weighted by Crippen LogP contribution is -2.30. The van der Waals surface area contributed by atoms with Crippen molar-refractivity contribution in [1.82, 2.24) is 4.98 Å². The van der Waals surface area contributed by atoms with Gasteiger partial charge in [-0.3, -0.25) is 4.98 Å². The van der Waals surface area contributed by atoms with Gasteiger partial charge in [-0.1, -0.05) is 25.4 Å². The average Bonchev–Trinajstić information content (AvgIpc) is 2.41. The number of hydrogen-bond donors (Lipinski definition) is 1. The van der Waals surface area contributed by atoms with Gasteiger partial charge in [0, 0.05) is 18.7 Å². The van der Waals surface area contributed by atoms with Crippen molar-refractivity contribution in [1.29, 1.82) is 0 Å². The first kappa shape index (κ1) is 14.1. The summed E-state index contributed by atoms with van der Waals surface area (Å²) in [6.45, 7) is 5.00. The summed E-state index contributed by atoms with van der Waals surface area (Å²) >= 11 is 6.20. The molecule has 0 saturated carbocycles. The van der Waals surface area contributed by atoms with Gasteiger partial charge >= 0.3 is 0 Å². The fourth-order valence-corrected chi connectivity index (χ4v) is 2.25. The Balaban J connectivity index is 2.37. The molecular formula is C15H19ClN2O. The number of nitrogens with one attached hydrogen (secondary N) is 1. The van der Waals surface area contributed by atoms with E-state index in [0.717, 1.165) is 21.6 Å². The Morgan fingerprint density at radius 3 is 2.79 bits per heavy atom. The zero-order chi connectivity index (χ0) is 13.8. The van der Waals surface area contributed by atoms with E-state index in [1.54, 1.807) is 13.3 Å². The van der Waals surface area contributed by atoms with E-state index in [9.17, 15) is 0 Å². The van der Waals surface area contributed by atoms with E-state index < -0.39 is 0 Å². The van der Waals surface area contributed by atoms with E-state index >= 15 is 0 Å². The third-order valence-electron chi connectivity index (χ3n) is 3.21. The highest BCUT2D eigenvalue weighted by Crippen LogP contribution is 2.28. The highest BCUT2D eigenvalue weighted by atomic mass is 35.5. The van der Waals surface area contributed by atoms with E-state index in [4.69, 9.17) is 16.3 Å². The molecule has 1 atom stereocenters. The topological polar surface area (TPSA) is 34.1 Å². The Hall–Kier alpha value is -1.32. The normalized spacial score (nSPS) is 12.9. The summed E-state index contributed by atoms with van der Waals surface area (Å²) in [4.78, 5) is 4.43. The van der Waals surface area contributed by atoms with Crippen LogP contribution in [0.3, 0.4) is 0 Å². The van der Waals surface area contributed by atoms with Crippen molar-refractivity contribution in [2.75, 3.05) is 19.0 Å². The predicted octanol–water partition coefficient (Wildman–Crippen LogP) is 3.97. The van der Waals surface area contributed by atoms with Gasteiger partial charge < -0.3 is 10.1 Å². The lowest BCUT2D eigenvalue weighted by molar-refractivity contribution is 0.171. The number of aromatic nitrogens is 1. The van der Waals surface area contributed by atoms with Gasteiger partial charge in [-0.25, -0.2) is 0 Å². The predicted molar refractivity (Wildman–Crippen MR) is 80.9 cm³/mol. The molecule has 0 radical (unpaired) electrons. The molecule has 0 amide bonds. The molecule has 1 aromatic heterocycles. The van der Waals surface area contributed by atoms with Gasteiger partial charge in [-0.05, 0) is 30.2 Å². The third-order valence-corrected chi connectivity index (χ3v) is 3.54. The molecule has 0 saturated heterocycles. The van der Waals surface area contributed by atoms with Crippen molar-refractivity contribution >= 4 is 28.2 Å². The second-order valence-electron chi connectivity index (χ2n) is 4.94. The number of anilines is 1. The Kier molecular flexibility index (Phi) is 4.61. The zero-order valence-corrected chi connectivity index (χ0v) is 12.2. The van der Waals surface area contributed by atoms with E-state index in [1.165, 1.54) is 0 Å². The molecule has 0 aliphatic rings. The van der Waals surface area contributed by atoms with Crippen LogP contribution in [0.15, 0.2) is 30.5 Å². The molecule has 0 bridgehead atoms. The fourth-order valence-electron chi connectivity index (χ4n) is 2.03. The lowest BCUT2D eigenvalue weighted by atomic mass is 10.0. The second-order valence-corrected chi connectivity index (χ2v) is 5.35. The van der Waals surface area contributed by atoms with Gasteiger partial charge in [-0.15, -0.1) is 0 Å². The standard InChI is InChI=1S/C15H19ClN2O/c1-10(2)14(9-19-3)18-13-7-6-12(16)11-5-4-8-17-15(11)13/h4-8,10,14,18H,9H2,1-3H3. The second kappa shape index (κ2) is 6.22. The summed E-state index contributed by atoms with van der Waals surface area (Å²) in [5.74, 6) is 0.467. The largest absolute Gasteiger partial charge is 0.383 e. The Bertz CT molecular complexity index is 557. The molecular weight excluding hydrogens is 260 g/mol. The quantitative estimate of drug-likeness (QED) is 0.898. The number of fused-ring (bicyclic) bond motifs is 1. The van der Waals surface area contributed by atoms with Gasteiger partial charge in [0.15, 0.2) is 0 Å². The number of ether oxygens (including phenoxy) is 1. The Labute approximate surface area is 118 Å². The summed E-state index contributed by atoms with van der Waals surface area (Å²) in [7, 11) is 1.72. The van der Waals surface area contributed by atoms with E-state index in [2.05, 4.69) is 24.1 Å². The molecule has 1 N–H and O–H groups in total. The molecule has 4 heteroatoms. The monoisotopic (exact) mass is 278 g/mol. The van der Waals surface area contributed by atoms with Gasteiger partial charge in [0.25, 0.3) is 0 Å². The molecule has 1 unspecified atom stereocenters. The van der Waals surface area contributed by atoms with E-state index in [-0.39, 0.29) is 6.04 Å². The summed E-state index contributed by atoms with van der Waals surface area (Å²) < 4.78 is 5.26. The average molecular weight is 279 g/mol. The number of methoxy groups -OCH3 is 1. The maximum atomic E-state index is 6.20. The van der Waals surface area contributed by atoms with Crippen molar-refractivity contribution in [3.05, 3.63) is 35.5 Å². The van der Waals surface area contributed by atoms with Crippen molar-refractivity contribution in [2.45, 2.75) is 19.9 Å². The summed E-state index contributed by atoms with van der Waals surface area (Å²) in [6.07, 6.45) is 1.78. The van der Waals surface area contributed by atoms with Crippen LogP contribution in [0.25, 0.3) is 10.9 Å². The maximum Gasteiger partial charge on any atom is 0.0948 e. The fraction of sp³-hybridized carbons (Fsp3) is 0.400. The Morgan fingerprint density at radius 2 is 2.11 bits per heavy atom. The Morgan fingerprint density at radius 1 is 1.32 bits per heavy atom. The minimum Gasteiger partial charge on any atom is -0.383 e. The third kappa shape index (κ3) is 3.17. The number of pyridine rings is 1. The number of nitrogens with zero attached hydrogens (tertiary/aromatic N) is 1. The highest BCUT2D eigenvalue weighted by Gasteiger charge is 2.15. The van der Waals surface area contributed by atoms with Gasteiger partial charge in [0.2, 0.25) is 0 Å². The molecule has 19 heavy (non-hydrogen) atoms.